The molecular formula is C17H23Cl2N5. The fourth-order valence-electron chi connectivity index (χ4n) is 2.55. The number of aryl methyl sites for hydroxylation is 2. The maximum Gasteiger partial charge on any atom is 0.191 e. The van der Waals surface area contributed by atoms with Gasteiger partial charge in [0.25, 0.3) is 0 Å². The standard InChI is InChI=1S/C17H23Cl2N5/c1-11-16(12(2)24(4)23-11)10-22-17(20-3)21-6-5-13-7-14(18)9-15(19)8-13/h7-9H,5-6,10H2,1-4H3,(H2,20,21,22). The number of guanidine groups is 1. The van der Waals surface area contributed by atoms with Crippen molar-refractivity contribution in [2.75, 3.05) is 13.6 Å². The Morgan fingerprint density at radius 3 is 2.38 bits per heavy atom. The normalized spacial score (nSPS) is 11.7. The topological polar surface area (TPSA) is 54.2 Å². The van der Waals surface area contributed by atoms with Crippen molar-refractivity contribution in [3.8, 4) is 0 Å². The number of benzene rings is 1. The molecule has 0 saturated carbocycles. The summed E-state index contributed by atoms with van der Waals surface area (Å²) in [6.07, 6.45) is 0.811. The quantitative estimate of drug-likeness (QED) is 0.629. The monoisotopic (exact) mass is 367 g/mol. The molecule has 0 bridgehead atoms. The molecular weight excluding hydrogens is 345 g/mol. The predicted molar refractivity (Wildman–Crippen MR) is 101 cm³/mol. The van der Waals surface area contributed by atoms with Crippen LogP contribution in [0, 0.1) is 13.8 Å². The van der Waals surface area contributed by atoms with Gasteiger partial charge in [-0.3, -0.25) is 9.67 Å². The molecule has 0 radical (unpaired) electrons. The first-order valence-corrected chi connectivity index (χ1v) is 8.55. The summed E-state index contributed by atoms with van der Waals surface area (Å²) in [5, 5.41) is 12.4. The largest absolute Gasteiger partial charge is 0.356 e. The summed E-state index contributed by atoms with van der Waals surface area (Å²) in [6, 6.07) is 5.58. The molecule has 0 amide bonds. The van der Waals surface area contributed by atoms with Crippen molar-refractivity contribution in [2.24, 2.45) is 12.0 Å². The highest BCUT2D eigenvalue weighted by atomic mass is 35.5. The number of nitrogens with one attached hydrogen (secondary N) is 2. The summed E-state index contributed by atoms with van der Waals surface area (Å²) in [7, 11) is 3.71. The van der Waals surface area contributed by atoms with Crippen LogP contribution in [0.15, 0.2) is 23.2 Å². The van der Waals surface area contributed by atoms with Crippen LogP contribution in [0.3, 0.4) is 0 Å². The van der Waals surface area contributed by atoms with E-state index in [9.17, 15) is 0 Å². The minimum absolute atomic E-state index is 0.655. The molecule has 5 nitrogen and oxygen atoms in total. The molecule has 0 fully saturated rings. The second kappa shape index (κ2) is 8.40. The van der Waals surface area contributed by atoms with Gasteiger partial charge in [-0.1, -0.05) is 23.2 Å². The van der Waals surface area contributed by atoms with E-state index in [0.717, 1.165) is 35.9 Å². The molecule has 1 aromatic heterocycles. The number of hydrogen-bond acceptors (Lipinski definition) is 2. The van der Waals surface area contributed by atoms with Crippen LogP contribution in [0.5, 0.6) is 0 Å². The maximum atomic E-state index is 6.02. The molecule has 2 rings (SSSR count). The Morgan fingerprint density at radius 2 is 1.83 bits per heavy atom. The van der Waals surface area contributed by atoms with Crippen LogP contribution in [0.2, 0.25) is 10.0 Å². The molecule has 0 aliphatic carbocycles. The van der Waals surface area contributed by atoms with Gasteiger partial charge in [-0.15, -0.1) is 0 Å². The fourth-order valence-corrected chi connectivity index (χ4v) is 3.12. The first kappa shape index (κ1) is 18.6. The van der Waals surface area contributed by atoms with Gasteiger partial charge in [0.15, 0.2) is 5.96 Å². The number of halogens is 2. The van der Waals surface area contributed by atoms with E-state index < -0.39 is 0 Å². The zero-order chi connectivity index (χ0) is 17.7. The lowest BCUT2D eigenvalue weighted by molar-refractivity contribution is 0.728. The Balaban J connectivity index is 1.86. The molecule has 2 N–H and O–H groups in total. The molecule has 1 heterocycles. The second-order valence-corrected chi connectivity index (χ2v) is 6.53. The highest BCUT2D eigenvalue weighted by molar-refractivity contribution is 6.34. The van der Waals surface area contributed by atoms with Crippen LogP contribution >= 0.6 is 23.2 Å². The zero-order valence-electron chi connectivity index (χ0n) is 14.5. The first-order chi connectivity index (χ1) is 11.4. The highest BCUT2D eigenvalue weighted by Crippen LogP contribution is 2.19. The van der Waals surface area contributed by atoms with Crippen LogP contribution in [0.4, 0.5) is 0 Å². The summed E-state index contributed by atoms with van der Waals surface area (Å²) < 4.78 is 1.89. The van der Waals surface area contributed by atoms with Crippen LogP contribution in [-0.2, 0) is 20.0 Å². The van der Waals surface area contributed by atoms with Gasteiger partial charge in [0.2, 0.25) is 0 Å². The highest BCUT2D eigenvalue weighted by Gasteiger charge is 2.09. The van der Waals surface area contributed by atoms with E-state index in [2.05, 4.69) is 27.6 Å². The van der Waals surface area contributed by atoms with Gasteiger partial charge in [0.05, 0.1) is 5.69 Å². The Kier molecular flexibility index (Phi) is 6.52. The fraction of sp³-hybridized carbons (Fsp3) is 0.412. The smallest absolute Gasteiger partial charge is 0.191 e. The third-order valence-corrected chi connectivity index (χ3v) is 4.38. The van der Waals surface area contributed by atoms with E-state index in [0.29, 0.717) is 16.6 Å². The molecule has 2 aromatic rings. The van der Waals surface area contributed by atoms with Crippen molar-refractivity contribution in [1.29, 1.82) is 0 Å². The predicted octanol–water partition coefficient (Wildman–Crippen LogP) is 3.25. The average molecular weight is 368 g/mol. The minimum Gasteiger partial charge on any atom is -0.356 e. The van der Waals surface area contributed by atoms with Crippen LogP contribution < -0.4 is 10.6 Å². The van der Waals surface area contributed by atoms with Gasteiger partial charge >= 0.3 is 0 Å². The summed E-state index contributed by atoms with van der Waals surface area (Å²) in [5.41, 5.74) is 4.48. The number of nitrogens with zero attached hydrogens (tertiary/aromatic N) is 3. The molecule has 7 heteroatoms. The lowest BCUT2D eigenvalue weighted by Crippen LogP contribution is -2.38. The maximum absolute atomic E-state index is 6.02. The van der Waals surface area contributed by atoms with E-state index in [1.807, 2.05) is 30.8 Å². The number of hydrogen-bond donors (Lipinski definition) is 2. The van der Waals surface area contributed by atoms with Gasteiger partial charge in [-0.2, -0.15) is 5.10 Å². The van der Waals surface area contributed by atoms with E-state index in [-0.39, 0.29) is 0 Å². The molecule has 0 spiro atoms. The second-order valence-electron chi connectivity index (χ2n) is 5.65. The van der Waals surface area contributed by atoms with Crippen LogP contribution in [0.1, 0.15) is 22.5 Å². The lowest BCUT2D eigenvalue weighted by atomic mass is 10.1. The van der Waals surface area contributed by atoms with Gasteiger partial charge in [0, 0.05) is 48.5 Å². The Bertz CT molecular complexity index is 717. The zero-order valence-corrected chi connectivity index (χ0v) is 16.0. The SMILES string of the molecule is CN=C(NCCc1cc(Cl)cc(Cl)c1)NCc1c(C)nn(C)c1C. The first-order valence-electron chi connectivity index (χ1n) is 7.79. The number of aliphatic imine (C=N–C) groups is 1. The third kappa shape index (κ3) is 4.89. The van der Waals surface area contributed by atoms with Crippen molar-refractivity contribution in [3.05, 3.63) is 50.8 Å². The van der Waals surface area contributed by atoms with Gasteiger partial charge in [-0.25, -0.2) is 0 Å². The third-order valence-electron chi connectivity index (χ3n) is 3.94. The minimum atomic E-state index is 0.655. The molecule has 0 aliphatic heterocycles. The molecule has 0 saturated heterocycles. The molecule has 0 atom stereocenters. The lowest BCUT2D eigenvalue weighted by Gasteiger charge is -2.12. The van der Waals surface area contributed by atoms with Crippen molar-refractivity contribution in [1.82, 2.24) is 20.4 Å². The van der Waals surface area contributed by atoms with E-state index in [1.165, 1.54) is 5.56 Å². The van der Waals surface area contributed by atoms with Gasteiger partial charge in [-0.05, 0) is 44.0 Å². The van der Waals surface area contributed by atoms with Crippen molar-refractivity contribution in [2.45, 2.75) is 26.8 Å². The summed E-state index contributed by atoms with van der Waals surface area (Å²) in [6.45, 7) is 5.51. The average Bonchev–Trinajstić information content (AvgIpc) is 2.75. The molecule has 130 valence electrons. The summed E-state index contributed by atoms with van der Waals surface area (Å²) in [5.74, 6) is 0.755. The molecule has 1 aromatic carbocycles. The van der Waals surface area contributed by atoms with E-state index in [1.54, 1.807) is 13.1 Å². The molecule has 24 heavy (non-hydrogen) atoms. The van der Waals surface area contributed by atoms with Crippen LogP contribution in [-0.4, -0.2) is 29.3 Å². The Hall–Kier alpha value is -1.72. The van der Waals surface area contributed by atoms with Gasteiger partial charge < -0.3 is 10.6 Å². The molecule has 0 aliphatic rings. The van der Waals surface area contributed by atoms with Crippen molar-refractivity contribution < 1.29 is 0 Å². The summed E-state index contributed by atoms with van der Waals surface area (Å²) >= 11 is 12.0. The number of rotatable bonds is 5. The Morgan fingerprint density at radius 1 is 1.17 bits per heavy atom. The summed E-state index contributed by atoms with van der Waals surface area (Å²) in [4.78, 5) is 4.25. The molecule has 0 unspecified atom stereocenters. The van der Waals surface area contributed by atoms with Crippen LogP contribution in [0.25, 0.3) is 0 Å². The van der Waals surface area contributed by atoms with E-state index in [4.69, 9.17) is 23.2 Å². The van der Waals surface area contributed by atoms with Crippen molar-refractivity contribution in [3.63, 3.8) is 0 Å². The number of aromatic nitrogens is 2. The van der Waals surface area contributed by atoms with E-state index >= 15 is 0 Å². The Labute approximate surface area is 153 Å². The van der Waals surface area contributed by atoms with Gasteiger partial charge in [0.1, 0.15) is 0 Å². The van der Waals surface area contributed by atoms with Crippen molar-refractivity contribution >= 4 is 29.2 Å².